The zero-order valence-corrected chi connectivity index (χ0v) is 23.5. The van der Waals surface area contributed by atoms with Gasteiger partial charge in [-0.05, 0) is 69.5 Å². The minimum Gasteiger partial charge on any atom is -0.444 e. The van der Waals surface area contributed by atoms with Gasteiger partial charge >= 0.3 is 6.09 Å². The summed E-state index contributed by atoms with van der Waals surface area (Å²) >= 11 is 12.1. The summed E-state index contributed by atoms with van der Waals surface area (Å²) < 4.78 is 7.05. The van der Waals surface area contributed by atoms with Gasteiger partial charge in [0, 0.05) is 43.5 Å². The number of alkyl halides is 1. The van der Waals surface area contributed by atoms with E-state index in [0.717, 1.165) is 31.0 Å². The normalized spacial score (nSPS) is 15.4. The minimum absolute atomic E-state index is 0.146. The van der Waals surface area contributed by atoms with E-state index >= 15 is 0 Å². The molecule has 0 radical (unpaired) electrons. The summed E-state index contributed by atoms with van der Waals surface area (Å²) in [5.74, 6) is 0.916. The van der Waals surface area contributed by atoms with Crippen LogP contribution >= 0.6 is 23.2 Å². The highest BCUT2D eigenvalue weighted by Crippen LogP contribution is 2.25. The third-order valence-electron chi connectivity index (χ3n) is 6.09. The van der Waals surface area contributed by atoms with E-state index < -0.39 is 5.60 Å². The van der Waals surface area contributed by atoms with E-state index in [4.69, 9.17) is 27.9 Å². The van der Waals surface area contributed by atoms with Crippen molar-refractivity contribution in [2.75, 3.05) is 36.9 Å². The van der Waals surface area contributed by atoms with Crippen LogP contribution in [0.15, 0.2) is 48.8 Å². The number of nitrogens with zero attached hydrogens (tertiary/aromatic N) is 5. The number of hydrogen-bond donors (Lipinski definition) is 1. The van der Waals surface area contributed by atoms with E-state index in [9.17, 15) is 9.59 Å². The number of anilines is 2. The topological polar surface area (TPSA) is 92.6 Å². The number of amides is 2. The molecule has 0 saturated carbocycles. The van der Waals surface area contributed by atoms with Crippen LogP contribution in [0.3, 0.4) is 0 Å². The van der Waals surface area contributed by atoms with Crippen LogP contribution in [0.2, 0.25) is 5.02 Å². The van der Waals surface area contributed by atoms with Gasteiger partial charge in [-0.25, -0.2) is 14.5 Å². The van der Waals surface area contributed by atoms with Crippen molar-refractivity contribution in [2.45, 2.75) is 38.7 Å². The van der Waals surface area contributed by atoms with Gasteiger partial charge in [0.05, 0.1) is 23.5 Å². The summed E-state index contributed by atoms with van der Waals surface area (Å²) in [4.78, 5) is 33.6. The fraction of sp³-hybridized carbons (Fsp3) is 0.407. The van der Waals surface area contributed by atoms with Crippen LogP contribution < -0.4 is 10.2 Å². The Bertz CT molecular complexity index is 1270. The van der Waals surface area contributed by atoms with Crippen LogP contribution in [-0.2, 0) is 10.6 Å². The Kier molecular flexibility index (Phi) is 8.47. The third kappa shape index (κ3) is 6.96. The van der Waals surface area contributed by atoms with Crippen molar-refractivity contribution in [3.05, 3.63) is 65.1 Å². The Labute approximate surface area is 232 Å². The lowest BCUT2D eigenvalue weighted by molar-refractivity contribution is 0.0277. The molecule has 11 heteroatoms. The molecule has 38 heavy (non-hydrogen) atoms. The maximum atomic E-state index is 13.0. The molecule has 1 aliphatic heterocycles. The van der Waals surface area contributed by atoms with Crippen LogP contribution in [0.4, 0.5) is 16.3 Å². The molecule has 1 aliphatic rings. The molecule has 1 saturated heterocycles. The van der Waals surface area contributed by atoms with E-state index in [1.807, 2.05) is 45.0 Å². The lowest BCUT2D eigenvalue weighted by Gasteiger charge is -2.26. The molecular formula is C27H32Cl2N6O3. The first kappa shape index (κ1) is 27.7. The lowest BCUT2D eigenvalue weighted by Crippen LogP contribution is -2.37. The quantitative estimate of drug-likeness (QED) is 0.379. The highest BCUT2D eigenvalue weighted by atomic mass is 35.5. The zero-order valence-electron chi connectivity index (χ0n) is 21.9. The van der Waals surface area contributed by atoms with Crippen LogP contribution in [0, 0.1) is 5.92 Å². The largest absolute Gasteiger partial charge is 0.444 e. The van der Waals surface area contributed by atoms with Crippen LogP contribution in [0.25, 0.3) is 5.69 Å². The fourth-order valence-electron chi connectivity index (χ4n) is 4.25. The second-order valence-corrected chi connectivity index (χ2v) is 11.1. The van der Waals surface area contributed by atoms with Crippen LogP contribution in [-0.4, -0.2) is 63.9 Å². The Morgan fingerprint density at radius 2 is 1.92 bits per heavy atom. The van der Waals surface area contributed by atoms with Gasteiger partial charge in [-0.1, -0.05) is 11.6 Å². The predicted octanol–water partition coefficient (Wildman–Crippen LogP) is 5.61. The monoisotopic (exact) mass is 558 g/mol. The standard InChI is InChI=1S/C27H32Cl2N6O3/c1-27(2,3)38-26(37)33(4)15-18-11-12-34(16-18)23-10-7-21(14-30-23)31-25(36)24-19(13-28)17-35(32-24)22-8-5-20(29)6-9-22/h5-10,14,17-18H,11-13,15-16H2,1-4H3,(H,31,36). The van der Waals surface area contributed by atoms with Gasteiger partial charge in [0.2, 0.25) is 0 Å². The second-order valence-electron chi connectivity index (χ2n) is 10.4. The first-order valence-electron chi connectivity index (χ1n) is 12.4. The fourth-order valence-corrected chi connectivity index (χ4v) is 4.58. The maximum Gasteiger partial charge on any atom is 0.410 e. The zero-order chi connectivity index (χ0) is 27.4. The molecule has 2 aromatic heterocycles. The second kappa shape index (κ2) is 11.6. The van der Waals surface area contributed by atoms with Gasteiger partial charge in [0.1, 0.15) is 11.4 Å². The first-order valence-corrected chi connectivity index (χ1v) is 13.3. The summed E-state index contributed by atoms with van der Waals surface area (Å²) in [6.07, 6.45) is 4.00. The molecule has 1 fully saturated rings. The molecule has 3 heterocycles. The summed E-state index contributed by atoms with van der Waals surface area (Å²) in [7, 11) is 1.76. The third-order valence-corrected chi connectivity index (χ3v) is 6.63. The van der Waals surface area contributed by atoms with Crippen molar-refractivity contribution in [3.8, 4) is 5.69 Å². The summed E-state index contributed by atoms with van der Waals surface area (Å²) in [6.45, 7) is 7.82. The Balaban J connectivity index is 1.35. The molecule has 0 aliphatic carbocycles. The molecule has 0 spiro atoms. The minimum atomic E-state index is -0.517. The molecule has 4 rings (SSSR count). The van der Waals surface area contributed by atoms with Gasteiger partial charge in [-0.3, -0.25) is 4.79 Å². The van der Waals surface area contributed by atoms with E-state index in [1.54, 1.807) is 41.2 Å². The summed E-state index contributed by atoms with van der Waals surface area (Å²) in [5.41, 5.74) is 1.67. The van der Waals surface area contributed by atoms with Crippen molar-refractivity contribution < 1.29 is 14.3 Å². The summed E-state index contributed by atoms with van der Waals surface area (Å²) in [6, 6.07) is 10.8. The van der Waals surface area contributed by atoms with Gasteiger partial charge < -0.3 is 19.9 Å². The number of carbonyl (C=O) groups is 2. The van der Waals surface area contributed by atoms with E-state index in [2.05, 4.69) is 20.3 Å². The molecule has 0 bridgehead atoms. The molecule has 1 atom stereocenters. The molecule has 1 N–H and O–H groups in total. The Hall–Kier alpha value is -3.30. The van der Waals surface area contributed by atoms with Gasteiger partial charge in [0.15, 0.2) is 5.69 Å². The smallest absolute Gasteiger partial charge is 0.410 e. The maximum absolute atomic E-state index is 13.0. The van der Waals surface area contributed by atoms with Gasteiger partial charge in [0.25, 0.3) is 5.91 Å². The van der Waals surface area contributed by atoms with Gasteiger partial charge in [-0.15, -0.1) is 11.6 Å². The number of halogens is 2. The van der Waals surface area contributed by atoms with Crippen LogP contribution in [0.5, 0.6) is 0 Å². The lowest BCUT2D eigenvalue weighted by atomic mass is 10.1. The highest BCUT2D eigenvalue weighted by molar-refractivity contribution is 6.30. The van der Waals surface area contributed by atoms with Gasteiger partial charge in [-0.2, -0.15) is 5.10 Å². The summed E-state index contributed by atoms with van der Waals surface area (Å²) in [5, 5.41) is 7.91. The molecule has 9 nitrogen and oxygen atoms in total. The number of benzene rings is 1. The number of hydrogen-bond acceptors (Lipinski definition) is 6. The van der Waals surface area contributed by atoms with Crippen molar-refractivity contribution in [2.24, 2.45) is 5.92 Å². The average Bonchev–Trinajstić information content (AvgIpc) is 3.51. The molecule has 1 unspecified atom stereocenters. The molecular weight excluding hydrogens is 527 g/mol. The SMILES string of the molecule is CN(CC1CCN(c2ccc(NC(=O)c3nn(-c4ccc(Cl)cc4)cc3CCl)cn2)C1)C(=O)OC(C)(C)C. The van der Waals surface area contributed by atoms with Crippen molar-refractivity contribution in [1.29, 1.82) is 0 Å². The van der Waals surface area contributed by atoms with E-state index in [0.29, 0.717) is 28.7 Å². The number of ether oxygens (including phenoxy) is 1. The van der Waals surface area contributed by atoms with Crippen molar-refractivity contribution >= 4 is 46.7 Å². The van der Waals surface area contributed by atoms with Crippen LogP contribution in [0.1, 0.15) is 43.2 Å². The van der Waals surface area contributed by atoms with E-state index in [1.165, 1.54) is 0 Å². The number of pyridine rings is 1. The number of nitrogens with one attached hydrogen (secondary N) is 1. The Morgan fingerprint density at radius 1 is 1.18 bits per heavy atom. The number of carbonyl (C=O) groups excluding carboxylic acids is 2. The molecule has 3 aromatic rings. The average molecular weight is 559 g/mol. The number of rotatable bonds is 7. The molecule has 1 aromatic carbocycles. The van der Waals surface area contributed by atoms with E-state index in [-0.39, 0.29) is 23.6 Å². The van der Waals surface area contributed by atoms with Crippen molar-refractivity contribution in [1.82, 2.24) is 19.7 Å². The van der Waals surface area contributed by atoms with Crippen molar-refractivity contribution in [3.63, 3.8) is 0 Å². The Morgan fingerprint density at radius 3 is 2.55 bits per heavy atom. The predicted molar refractivity (Wildman–Crippen MR) is 150 cm³/mol. The first-order chi connectivity index (χ1) is 18.0. The highest BCUT2D eigenvalue weighted by Gasteiger charge is 2.28. The molecule has 202 valence electrons. The number of aromatic nitrogens is 3. The molecule has 2 amide bonds.